The summed E-state index contributed by atoms with van der Waals surface area (Å²) < 4.78 is 11.3. The first-order valence-corrected chi connectivity index (χ1v) is 12.9. The summed E-state index contributed by atoms with van der Waals surface area (Å²) in [4.78, 5) is 28.6. The van der Waals surface area contributed by atoms with Crippen LogP contribution in [-0.2, 0) is 16.1 Å². The van der Waals surface area contributed by atoms with Crippen molar-refractivity contribution in [3.05, 3.63) is 72.3 Å². The van der Waals surface area contributed by atoms with Gasteiger partial charge in [0.2, 0.25) is 5.91 Å². The zero-order valence-corrected chi connectivity index (χ0v) is 21.2. The molecule has 4 rings (SSSR count). The van der Waals surface area contributed by atoms with Crippen molar-refractivity contribution >= 4 is 22.6 Å². The fraction of sp³-hybridized carbons (Fsp3) is 0.400. The Labute approximate surface area is 213 Å². The van der Waals surface area contributed by atoms with Crippen molar-refractivity contribution in [3.63, 3.8) is 0 Å². The summed E-state index contributed by atoms with van der Waals surface area (Å²) in [5.41, 5.74) is 0.929. The van der Waals surface area contributed by atoms with Gasteiger partial charge in [0.05, 0.1) is 7.11 Å². The zero-order chi connectivity index (χ0) is 25.3. The number of ether oxygens (including phenoxy) is 2. The van der Waals surface area contributed by atoms with Gasteiger partial charge in [0.15, 0.2) is 6.61 Å². The molecule has 3 aromatic rings. The molecule has 1 fully saturated rings. The van der Waals surface area contributed by atoms with Crippen LogP contribution in [0.1, 0.15) is 51.0 Å². The van der Waals surface area contributed by atoms with Crippen LogP contribution in [0.2, 0.25) is 0 Å². The Kier molecular flexibility index (Phi) is 8.82. The average molecular weight is 489 g/mol. The number of carbonyl (C=O) groups is 2. The molecule has 0 spiro atoms. The van der Waals surface area contributed by atoms with Crippen molar-refractivity contribution in [2.24, 2.45) is 0 Å². The highest BCUT2D eigenvalue weighted by molar-refractivity contribution is 5.90. The highest BCUT2D eigenvalue weighted by Gasteiger charge is 2.30. The minimum Gasteiger partial charge on any atom is -0.497 e. The maximum atomic E-state index is 13.6. The Bertz CT molecular complexity index is 1150. The molecule has 2 amide bonds. The number of nitrogens with zero attached hydrogens (tertiary/aromatic N) is 1. The molecule has 1 atom stereocenters. The van der Waals surface area contributed by atoms with Gasteiger partial charge in [0, 0.05) is 18.0 Å². The summed E-state index contributed by atoms with van der Waals surface area (Å²) in [5, 5.41) is 5.22. The molecule has 0 saturated heterocycles. The van der Waals surface area contributed by atoms with Crippen molar-refractivity contribution in [3.8, 4) is 11.5 Å². The number of rotatable bonds is 10. The smallest absolute Gasteiger partial charge is 0.261 e. The van der Waals surface area contributed by atoms with Gasteiger partial charge in [0.1, 0.15) is 17.5 Å². The van der Waals surface area contributed by atoms with Gasteiger partial charge in [-0.15, -0.1) is 0 Å². The lowest BCUT2D eigenvalue weighted by Crippen LogP contribution is -2.52. The SMILES string of the molecule is CCC(C(=O)NC1CCCCC1)N(Cc1ccc(OC)cc1)C(=O)COc1cccc2ccccc12. The molecular formula is C30H36N2O4. The van der Waals surface area contributed by atoms with E-state index in [9.17, 15) is 9.59 Å². The topological polar surface area (TPSA) is 67.9 Å². The van der Waals surface area contributed by atoms with Crippen molar-refractivity contribution in [2.45, 2.75) is 64.1 Å². The molecular weight excluding hydrogens is 452 g/mol. The Balaban J connectivity index is 1.53. The van der Waals surface area contributed by atoms with Crippen molar-refractivity contribution in [1.82, 2.24) is 10.2 Å². The van der Waals surface area contributed by atoms with Crippen molar-refractivity contribution in [1.29, 1.82) is 0 Å². The average Bonchev–Trinajstić information content (AvgIpc) is 2.92. The summed E-state index contributed by atoms with van der Waals surface area (Å²) in [6.45, 7) is 2.13. The molecule has 0 bridgehead atoms. The molecule has 1 aliphatic rings. The Morgan fingerprint density at radius 1 is 0.972 bits per heavy atom. The van der Waals surface area contributed by atoms with E-state index in [-0.39, 0.29) is 24.5 Å². The summed E-state index contributed by atoms with van der Waals surface area (Å²) in [7, 11) is 1.62. The number of methoxy groups -OCH3 is 1. The van der Waals surface area contributed by atoms with Gasteiger partial charge in [-0.1, -0.05) is 74.7 Å². The highest BCUT2D eigenvalue weighted by Crippen LogP contribution is 2.26. The maximum Gasteiger partial charge on any atom is 0.261 e. The number of carbonyl (C=O) groups excluding carboxylic acids is 2. The minimum atomic E-state index is -0.572. The molecule has 0 aromatic heterocycles. The van der Waals surface area contributed by atoms with Crippen LogP contribution < -0.4 is 14.8 Å². The van der Waals surface area contributed by atoms with E-state index >= 15 is 0 Å². The standard InChI is InChI=1S/C30H36N2O4/c1-3-27(30(34)31-24-12-5-4-6-13-24)32(20-22-16-18-25(35-2)19-17-22)29(33)21-36-28-15-9-11-23-10-7-8-14-26(23)28/h7-11,14-19,24,27H,3-6,12-13,20-21H2,1-2H3,(H,31,34). The molecule has 0 aliphatic heterocycles. The van der Waals surface area contributed by atoms with E-state index in [0.717, 1.165) is 47.8 Å². The fourth-order valence-corrected chi connectivity index (χ4v) is 4.94. The van der Waals surface area contributed by atoms with Crippen molar-refractivity contribution < 1.29 is 19.1 Å². The number of amides is 2. The van der Waals surface area contributed by atoms with E-state index < -0.39 is 6.04 Å². The first kappa shape index (κ1) is 25.5. The van der Waals surface area contributed by atoms with Crippen LogP contribution in [0, 0.1) is 0 Å². The van der Waals surface area contributed by atoms with Gasteiger partial charge in [-0.05, 0) is 48.4 Å². The van der Waals surface area contributed by atoms with Gasteiger partial charge in [-0.25, -0.2) is 0 Å². The molecule has 1 saturated carbocycles. The molecule has 1 N–H and O–H groups in total. The molecule has 1 aliphatic carbocycles. The quantitative estimate of drug-likeness (QED) is 0.410. The third-order valence-electron chi connectivity index (χ3n) is 6.95. The lowest BCUT2D eigenvalue weighted by atomic mass is 9.95. The molecule has 190 valence electrons. The first-order chi connectivity index (χ1) is 17.6. The number of fused-ring (bicyclic) bond motifs is 1. The van der Waals surface area contributed by atoms with Crippen LogP contribution in [0.3, 0.4) is 0 Å². The van der Waals surface area contributed by atoms with Gasteiger partial charge in [-0.3, -0.25) is 9.59 Å². The molecule has 3 aromatic carbocycles. The van der Waals surface area contributed by atoms with E-state index in [1.807, 2.05) is 73.7 Å². The third kappa shape index (κ3) is 6.36. The number of benzene rings is 3. The number of hydrogen-bond donors (Lipinski definition) is 1. The zero-order valence-electron chi connectivity index (χ0n) is 21.2. The summed E-state index contributed by atoms with van der Waals surface area (Å²) in [6.07, 6.45) is 6.01. The van der Waals surface area contributed by atoms with Crippen LogP contribution in [0.15, 0.2) is 66.7 Å². The molecule has 1 unspecified atom stereocenters. The van der Waals surface area contributed by atoms with Crippen LogP contribution >= 0.6 is 0 Å². The van der Waals surface area contributed by atoms with Gasteiger partial charge < -0.3 is 19.7 Å². The van der Waals surface area contributed by atoms with Gasteiger partial charge in [-0.2, -0.15) is 0 Å². The predicted molar refractivity (Wildman–Crippen MR) is 142 cm³/mol. The van der Waals surface area contributed by atoms with Crippen LogP contribution in [0.4, 0.5) is 0 Å². The monoisotopic (exact) mass is 488 g/mol. The van der Waals surface area contributed by atoms with Crippen molar-refractivity contribution in [2.75, 3.05) is 13.7 Å². The molecule has 6 heteroatoms. The Hall–Kier alpha value is -3.54. The van der Waals surface area contributed by atoms with Crippen LogP contribution in [-0.4, -0.2) is 42.5 Å². The van der Waals surface area contributed by atoms with E-state index in [0.29, 0.717) is 18.7 Å². The highest BCUT2D eigenvalue weighted by atomic mass is 16.5. The van der Waals surface area contributed by atoms with Crippen LogP contribution in [0.5, 0.6) is 11.5 Å². The molecule has 36 heavy (non-hydrogen) atoms. The Morgan fingerprint density at radius 3 is 2.42 bits per heavy atom. The largest absolute Gasteiger partial charge is 0.497 e. The third-order valence-corrected chi connectivity index (χ3v) is 6.95. The maximum absolute atomic E-state index is 13.6. The van der Waals surface area contributed by atoms with E-state index in [2.05, 4.69) is 5.32 Å². The number of hydrogen-bond acceptors (Lipinski definition) is 4. The number of nitrogens with one attached hydrogen (secondary N) is 1. The molecule has 0 heterocycles. The second-order valence-corrected chi connectivity index (χ2v) is 9.40. The Morgan fingerprint density at radius 2 is 1.69 bits per heavy atom. The van der Waals surface area contributed by atoms with E-state index in [4.69, 9.17) is 9.47 Å². The molecule has 0 radical (unpaired) electrons. The minimum absolute atomic E-state index is 0.0866. The van der Waals surface area contributed by atoms with Gasteiger partial charge in [0.25, 0.3) is 5.91 Å². The predicted octanol–water partition coefficient (Wildman–Crippen LogP) is 5.48. The van der Waals surface area contributed by atoms with E-state index in [1.165, 1.54) is 6.42 Å². The second kappa shape index (κ2) is 12.4. The first-order valence-electron chi connectivity index (χ1n) is 12.9. The lowest BCUT2D eigenvalue weighted by Gasteiger charge is -2.32. The second-order valence-electron chi connectivity index (χ2n) is 9.40. The summed E-state index contributed by atoms with van der Waals surface area (Å²) in [6, 6.07) is 20.9. The normalized spacial score (nSPS) is 14.7. The lowest BCUT2D eigenvalue weighted by molar-refractivity contribution is -0.143. The summed E-state index contributed by atoms with van der Waals surface area (Å²) >= 11 is 0. The van der Waals surface area contributed by atoms with E-state index in [1.54, 1.807) is 12.0 Å². The molecule has 6 nitrogen and oxygen atoms in total. The van der Waals surface area contributed by atoms with Gasteiger partial charge >= 0.3 is 0 Å². The fourth-order valence-electron chi connectivity index (χ4n) is 4.94. The summed E-state index contributed by atoms with van der Waals surface area (Å²) in [5.74, 6) is 1.10. The van der Waals surface area contributed by atoms with Crippen LogP contribution in [0.25, 0.3) is 10.8 Å².